The molecule has 2 aliphatic rings. The first-order chi connectivity index (χ1) is 14.3. The van der Waals surface area contributed by atoms with Crippen molar-refractivity contribution in [1.29, 1.82) is 0 Å². The number of pyridine rings is 2. The Morgan fingerprint density at radius 1 is 1.07 bits per heavy atom. The normalized spacial score (nSPS) is 17.3. The zero-order valence-corrected chi connectivity index (χ0v) is 16.6. The molecule has 0 spiro atoms. The monoisotopic (exact) mass is 384 g/mol. The molecule has 0 bridgehead atoms. The summed E-state index contributed by atoms with van der Waals surface area (Å²) in [7, 11) is 0. The predicted octanol–water partition coefficient (Wildman–Crippen LogP) is 4.74. The van der Waals surface area contributed by atoms with E-state index in [1.54, 1.807) is 0 Å². The number of anilines is 1. The summed E-state index contributed by atoms with van der Waals surface area (Å²) in [4.78, 5) is 25.0. The molecule has 146 valence electrons. The molecule has 1 N–H and O–H groups in total. The van der Waals surface area contributed by atoms with Crippen LogP contribution in [0, 0.1) is 6.92 Å². The molecule has 0 aromatic carbocycles. The summed E-state index contributed by atoms with van der Waals surface area (Å²) in [5, 5.41) is 2.28. The number of aromatic nitrogens is 5. The standard InChI is InChI=1S/C23H24N6/c1-14-11-17-16(7-8-25-21(17)26-14)22-27-19-13-24-12-18(15-5-6-15)20(19)23(28-22)29-9-3-2-4-10-29/h7-8,11-13,15H,2-6,9-10H2,1H3,(H,25,26). The lowest BCUT2D eigenvalue weighted by Gasteiger charge is -2.29. The molecule has 1 saturated heterocycles. The number of H-pyrrole nitrogens is 1. The van der Waals surface area contributed by atoms with Crippen LogP contribution < -0.4 is 4.90 Å². The van der Waals surface area contributed by atoms with Crippen LogP contribution in [0.5, 0.6) is 0 Å². The van der Waals surface area contributed by atoms with Crippen molar-refractivity contribution >= 4 is 27.8 Å². The van der Waals surface area contributed by atoms with Crippen molar-refractivity contribution in [2.45, 2.75) is 44.9 Å². The molecule has 6 heteroatoms. The smallest absolute Gasteiger partial charge is 0.163 e. The number of aromatic amines is 1. The van der Waals surface area contributed by atoms with Gasteiger partial charge in [0, 0.05) is 47.5 Å². The van der Waals surface area contributed by atoms with Gasteiger partial charge in [0.1, 0.15) is 11.5 Å². The number of hydrogen-bond acceptors (Lipinski definition) is 5. The van der Waals surface area contributed by atoms with Crippen molar-refractivity contribution in [3.63, 3.8) is 0 Å². The van der Waals surface area contributed by atoms with Crippen molar-refractivity contribution < 1.29 is 0 Å². The van der Waals surface area contributed by atoms with Crippen LogP contribution in [0.2, 0.25) is 0 Å². The summed E-state index contributed by atoms with van der Waals surface area (Å²) in [6.07, 6.45) is 12.0. The minimum Gasteiger partial charge on any atom is -0.356 e. The average molecular weight is 384 g/mol. The highest BCUT2D eigenvalue weighted by Crippen LogP contribution is 2.45. The Balaban J connectivity index is 1.62. The SMILES string of the molecule is Cc1cc2c(-c3nc(N4CCCCC4)c4c(C5CC5)cncc4n3)ccnc2[nH]1. The van der Waals surface area contributed by atoms with E-state index in [0.29, 0.717) is 5.92 Å². The van der Waals surface area contributed by atoms with Crippen molar-refractivity contribution in [3.05, 3.63) is 42.0 Å². The molecular weight excluding hydrogens is 360 g/mol. The van der Waals surface area contributed by atoms with Gasteiger partial charge in [0.25, 0.3) is 0 Å². The van der Waals surface area contributed by atoms with Gasteiger partial charge < -0.3 is 9.88 Å². The zero-order chi connectivity index (χ0) is 19.4. The highest BCUT2D eigenvalue weighted by molar-refractivity contribution is 5.97. The Kier molecular flexibility index (Phi) is 3.79. The maximum atomic E-state index is 5.17. The Morgan fingerprint density at radius 2 is 1.93 bits per heavy atom. The van der Waals surface area contributed by atoms with Crippen LogP contribution in [0.25, 0.3) is 33.3 Å². The van der Waals surface area contributed by atoms with E-state index in [1.807, 2.05) is 24.7 Å². The minimum absolute atomic E-state index is 0.615. The topological polar surface area (TPSA) is 70.6 Å². The zero-order valence-electron chi connectivity index (χ0n) is 16.6. The number of rotatable bonds is 3. The third kappa shape index (κ3) is 2.85. The second kappa shape index (κ2) is 6.51. The number of nitrogens with zero attached hydrogens (tertiary/aromatic N) is 5. The van der Waals surface area contributed by atoms with Gasteiger partial charge in [0.15, 0.2) is 5.82 Å². The van der Waals surface area contributed by atoms with Crippen molar-refractivity contribution in [2.24, 2.45) is 0 Å². The van der Waals surface area contributed by atoms with Gasteiger partial charge >= 0.3 is 0 Å². The highest BCUT2D eigenvalue weighted by atomic mass is 15.2. The van der Waals surface area contributed by atoms with Gasteiger partial charge in [-0.25, -0.2) is 15.0 Å². The predicted molar refractivity (Wildman–Crippen MR) is 115 cm³/mol. The minimum atomic E-state index is 0.615. The molecule has 29 heavy (non-hydrogen) atoms. The van der Waals surface area contributed by atoms with Gasteiger partial charge in [-0.05, 0) is 62.6 Å². The molecule has 4 aromatic heterocycles. The molecule has 1 saturated carbocycles. The third-order valence-electron chi connectivity index (χ3n) is 6.20. The molecule has 1 aliphatic heterocycles. The van der Waals surface area contributed by atoms with Gasteiger partial charge in [-0.15, -0.1) is 0 Å². The molecule has 6 rings (SSSR count). The van der Waals surface area contributed by atoms with E-state index in [0.717, 1.165) is 52.5 Å². The first kappa shape index (κ1) is 16.9. The molecule has 0 unspecified atom stereocenters. The molecule has 4 aromatic rings. The Morgan fingerprint density at radius 3 is 2.76 bits per heavy atom. The average Bonchev–Trinajstić information content (AvgIpc) is 3.53. The first-order valence-corrected chi connectivity index (χ1v) is 10.6. The van der Waals surface area contributed by atoms with Crippen LogP contribution in [0.4, 0.5) is 5.82 Å². The van der Waals surface area contributed by atoms with Crippen LogP contribution in [0.3, 0.4) is 0 Å². The molecule has 0 radical (unpaired) electrons. The number of hydrogen-bond donors (Lipinski definition) is 1. The van der Waals surface area contributed by atoms with Gasteiger partial charge in [0.2, 0.25) is 0 Å². The lowest BCUT2D eigenvalue weighted by Crippen LogP contribution is -2.30. The lowest BCUT2D eigenvalue weighted by atomic mass is 10.0. The van der Waals surface area contributed by atoms with Crippen LogP contribution in [0.15, 0.2) is 30.7 Å². The first-order valence-electron chi connectivity index (χ1n) is 10.6. The van der Waals surface area contributed by atoms with Crippen LogP contribution >= 0.6 is 0 Å². The summed E-state index contributed by atoms with van der Waals surface area (Å²) in [5.41, 5.74) is 5.28. The lowest BCUT2D eigenvalue weighted by molar-refractivity contribution is 0.574. The van der Waals surface area contributed by atoms with E-state index in [4.69, 9.17) is 9.97 Å². The Labute approximate surface area is 169 Å². The second-order valence-corrected chi connectivity index (χ2v) is 8.39. The van der Waals surface area contributed by atoms with Crippen LogP contribution in [-0.4, -0.2) is 38.0 Å². The quantitative estimate of drug-likeness (QED) is 0.552. The summed E-state index contributed by atoms with van der Waals surface area (Å²) in [6, 6.07) is 4.15. The fourth-order valence-corrected chi connectivity index (χ4v) is 4.60. The second-order valence-electron chi connectivity index (χ2n) is 8.39. The van der Waals surface area contributed by atoms with E-state index >= 15 is 0 Å². The maximum absolute atomic E-state index is 5.17. The molecular formula is C23H24N6. The molecule has 1 aliphatic carbocycles. The Bertz CT molecular complexity index is 1220. The maximum Gasteiger partial charge on any atom is 0.163 e. The van der Waals surface area contributed by atoms with E-state index in [9.17, 15) is 0 Å². The summed E-state index contributed by atoms with van der Waals surface area (Å²) in [6.45, 7) is 4.18. The highest BCUT2D eigenvalue weighted by Gasteiger charge is 2.29. The van der Waals surface area contributed by atoms with Gasteiger partial charge in [-0.1, -0.05) is 0 Å². The summed E-state index contributed by atoms with van der Waals surface area (Å²) < 4.78 is 0. The van der Waals surface area contributed by atoms with E-state index in [2.05, 4.69) is 32.8 Å². The van der Waals surface area contributed by atoms with Crippen LogP contribution in [-0.2, 0) is 0 Å². The summed E-state index contributed by atoms with van der Waals surface area (Å²) in [5.74, 6) is 2.47. The molecule has 2 fully saturated rings. The Hall–Kier alpha value is -3.02. The van der Waals surface area contributed by atoms with Crippen molar-refractivity contribution in [1.82, 2.24) is 24.9 Å². The summed E-state index contributed by atoms with van der Waals surface area (Å²) >= 11 is 0. The van der Waals surface area contributed by atoms with Crippen LogP contribution in [0.1, 0.15) is 49.3 Å². The number of aryl methyl sites for hydroxylation is 1. The fourth-order valence-electron chi connectivity index (χ4n) is 4.60. The number of fused-ring (bicyclic) bond motifs is 2. The molecule has 0 atom stereocenters. The number of nitrogens with one attached hydrogen (secondary N) is 1. The van der Waals surface area contributed by atoms with Gasteiger partial charge in [-0.2, -0.15) is 0 Å². The van der Waals surface area contributed by atoms with Gasteiger partial charge in [0.05, 0.1) is 11.7 Å². The third-order valence-corrected chi connectivity index (χ3v) is 6.20. The molecule has 6 nitrogen and oxygen atoms in total. The van der Waals surface area contributed by atoms with Crippen molar-refractivity contribution in [3.8, 4) is 11.4 Å². The van der Waals surface area contributed by atoms with Crippen molar-refractivity contribution in [2.75, 3.05) is 18.0 Å². The number of piperidine rings is 1. The van der Waals surface area contributed by atoms with E-state index < -0.39 is 0 Å². The van der Waals surface area contributed by atoms with Gasteiger partial charge in [-0.3, -0.25) is 4.98 Å². The molecule has 0 amide bonds. The molecule has 5 heterocycles. The van der Waals surface area contributed by atoms with E-state index in [1.165, 1.54) is 43.1 Å². The van der Waals surface area contributed by atoms with E-state index in [-0.39, 0.29) is 0 Å². The fraction of sp³-hybridized carbons (Fsp3) is 0.391. The largest absolute Gasteiger partial charge is 0.356 e.